The van der Waals surface area contributed by atoms with Gasteiger partial charge in [0.25, 0.3) is 40.1 Å². The molecule has 636 valence electrons. The number of oxazole rings is 4. The average Bonchev–Trinajstić information content (AvgIpc) is 1.52. The van der Waals surface area contributed by atoms with Crippen LogP contribution in [0.1, 0.15) is 77.6 Å². The molecular weight excluding hydrogens is 1810 g/mol. The van der Waals surface area contributed by atoms with Gasteiger partial charge in [-0.1, -0.05) is 95.1 Å². The molecule has 0 atom stereocenters. The molecule has 36 nitrogen and oxygen atoms in total. The van der Waals surface area contributed by atoms with Crippen LogP contribution in [0.25, 0.3) is 44.4 Å². The molecule has 12 aromatic rings. The molecule has 4 N–H and O–H groups in total. The molecule has 0 bridgehead atoms. The Balaban J connectivity index is -0.000000633. The van der Waals surface area contributed by atoms with Crippen molar-refractivity contribution in [1.29, 1.82) is 0 Å². The van der Waals surface area contributed by atoms with Gasteiger partial charge in [-0.05, 0) is 180 Å². The number of aliphatic carboxylic acids is 8. The summed E-state index contributed by atoms with van der Waals surface area (Å²) in [7, 11) is -14.5. The van der Waals surface area contributed by atoms with E-state index in [-0.39, 0.29) is 87.9 Å². The topological polar surface area (TPSA) is 610 Å². The van der Waals surface area contributed by atoms with E-state index in [0.717, 1.165) is 77.6 Å². The molecule has 0 aliphatic heterocycles. The maximum absolute atomic E-state index is 12.3. The van der Waals surface area contributed by atoms with E-state index in [9.17, 15) is 33.7 Å². The number of carbonyl (C=O) groups is 8. The van der Waals surface area contributed by atoms with E-state index in [1.807, 2.05) is 27.7 Å². The van der Waals surface area contributed by atoms with Crippen LogP contribution in [-0.4, -0.2) is 101 Å². The van der Waals surface area contributed by atoms with Crippen molar-refractivity contribution in [3.8, 4) is 0 Å². The Morgan fingerprint density at radius 2 is 0.379 bits per heavy atom. The van der Waals surface area contributed by atoms with Gasteiger partial charge in [-0.25, -0.2) is 53.6 Å². The number of anilines is 4. The van der Waals surface area contributed by atoms with Crippen molar-refractivity contribution in [1.82, 2.24) is 19.9 Å². The Labute approximate surface area is 707 Å². The van der Waals surface area contributed by atoms with Gasteiger partial charge in [0.2, 0.25) is 0 Å². The molecule has 0 spiro atoms. The average molecular weight is 1880 g/mol. The zero-order valence-corrected chi connectivity index (χ0v) is 69.6. The monoisotopic (exact) mass is 1880 g/mol. The van der Waals surface area contributed by atoms with E-state index < -0.39 is 87.8 Å². The Morgan fingerprint density at radius 3 is 0.509 bits per heavy atom. The zero-order valence-electron chi connectivity index (χ0n) is 62.5. The third-order valence-corrected chi connectivity index (χ3v) is 17.3. The van der Waals surface area contributed by atoms with E-state index in [1.165, 1.54) is 25.6 Å². The van der Waals surface area contributed by atoms with E-state index in [2.05, 4.69) is 38.8 Å². The van der Waals surface area contributed by atoms with Crippen LogP contribution in [0.15, 0.2) is 233 Å². The Morgan fingerprint density at radius 1 is 0.250 bits per heavy atom. The van der Waals surface area contributed by atoms with Crippen molar-refractivity contribution in [2.75, 3.05) is 18.9 Å². The minimum atomic E-state index is -3.63. The molecule has 0 saturated heterocycles. The van der Waals surface area contributed by atoms with Gasteiger partial charge in [0.15, 0.2) is 47.9 Å². The van der Waals surface area contributed by atoms with Crippen molar-refractivity contribution in [3.05, 3.63) is 218 Å². The summed E-state index contributed by atoms with van der Waals surface area (Å²) in [4.78, 5) is 88.0. The molecule has 0 fully saturated rings. The van der Waals surface area contributed by atoms with Gasteiger partial charge in [-0.15, -0.1) is 0 Å². The molecule has 0 amide bonds. The fraction of sp³-hybridized carbons (Fsp3) is 0.167. The first-order valence-electron chi connectivity index (χ1n) is 31.2. The fourth-order valence-corrected chi connectivity index (χ4v) is 11.8. The number of para-hydroxylation sites is 4. The normalized spacial score (nSPS) is 9.76. The van der Waals surface area contributed by atoms with E-state index >= 15 is 0 Å². The van der Waals surface area contributed by atoms with Gasteiger partial charge in [-0.2, -0.15) is 0 Å². The summed E-state index contributed by atoms with van der Waals surface area (Å²) in [6.45, 7) is 15.4. The number of aromatic nitrogens is 4. The molecular formula is C72H72Cu4N8O28S4. The largest absolute Gasteiger partial charge is 2.00 e. The number of rotatable bonds is 12. The summed E-state index contributed by atoms with van der Waals surface area (Å²) in [6.07, 6.45) is 5.14. The van der Waals surface area contributed by atoms with Gasteiger partial charge in [-0.3, -0.25) is 18.9 Å². The van der Waals surface area contributed by atoms with Gasteiger partial charge >= 0.3 is 68.3 Å². The molecule has 4 heterocycles. The number of nitrogens with zero attached hydrogens (tertiary/aromatic N) is 4. The maximum Gasteiger partial charge on any atom is 2.00 e. The number of carbonyl (C=O) groups excluding carboxylic acids is 8. The summed E-state index contributed by atoms with van der Waals surface area (Å²) in [6, 6.07) is 46.9. The number of sulfonamides is 4. The van der Waals surface area contributed by atoms with Crippen LogP contribution in [0, 0.1) is 27.7 Å². The standard InChI is InChI=1S/4C14H12N2O3S.8C2H4O2.4Cu/c4*1-10-5-7-11(8-6-10)20(17,18)16-12-3-2-4-13-14(12)15-9-19-13;8*1-2(3)4;;;;/h4*2-9,16H,1H3;8*1H3,(H,3,4);;;;/q;;;;;;;;;;;;4*+2/p-8. The van der Waals surface area contributed by atoms with Crippen LogP contribution >= 0.6 is 0 Å². The molecule has 0 unspecified atom stereocenters. The summed E-state index contributed by atoms with van der Waals surface area (Å²) in [5.74, 6) is -8.67. The van der Waals surface area contributed by atoms with E-state index in [0.29, 0.717) is 67.1 Å². The number of hydrogen-bond acceptors (Lipinski definition) is 32. The van der Waals surface area contributed by atoms with Crippen molar-refractivity contribution >= 4 is 155 Å². The van der Waals surface area contributed by atoms with Crippen LogP contribution in [0.5, 0.6) is 0 Å². The number of hydrogen-bond donors (Lipinski definition) is 4. The number of nitrogens with one attached hydrogen (secondary N) is 4. The fourth-order valence-electron chi connectivity index (χ4n) is 7.56. The quantitative estimate of drug-likeness (QED) is 0.127. The summed E-state index contributed by atoms with van der Waals surface area (Å²) < 4.78 is 129. The summed E-state index contributed by atoms with van der Waals surface area (Å²) in [5.41, 5.74) is 9.71. The molecule has 12 rings (SSSR count). The van der Waals surface area contributed by atoms with Crippen LogP contribution < -0.4 is 59.7 Å². The van der Waals surface area contributed by atoms with Crippen LogP contribution in [0.4, 0.5) is 22.7 Å². The third kappa shape index (κ3) is 45.4. The second-order valence-corrected chi connectivity index (χ2v) is 28.4. The predicted molar refractivity (Wildman–Crippen MR) is 389 cm³/mol. The summed E-state index contributed by atoms with van der Waals surface area (Å²) in [5, 5.41) is 71.1. The first-order chi connectivity index (χ1) is 52.1. The Bertz CT molecular complexity index is 4800. The molecule has 4 radical (unpaired) electrons. The van der Waals surface area contributed by atoms with Crippen molar-refractivity contribution in [3.63, 3.8) is 0 Å². The van der Waals surface area contributed by atoms with Gasteiger partial charge in [0.05, 0.1) is 42.3 Å². The molecule has 116 heavy (non-hydrogen) atoms. The molecule has 4 aromatic heterocycles. The second-order valence-electron chi connectivity index (χ2n) is 21.6. The molecule has 8 aromatic carbocycles. The van der Waals surface area contributed by atoms with Gasteiger partial charge in [0, 0.05) is 47.8 Å². The SMILES string of the molecule is CC(=O)[O-].CC(=O)[O-].CC(=O)[O-].CC(=O)[O-].CC(=O)[O-].CC(=O)[O-].CC(=O)[O-].CC(=O)[O-].Cc1ccc(S(=O)(=O)Nc2cccc3ocnc23)cc1.Cc1ccc(S(=O)(=O)Nc2cccc3ocnc23)cc1.Cc1ccc(S(=O)(=O)Nc2cccc3ocnc23)cc1.Cc1ccc(S(=O)(=O)Nc2cccc3ocnc23)cc1.[Cu+2].[Cu+2].[Cu+2].[Cu+2]. The minimum Gasteiger partial charge on any atom is -0.550 e. The molecule has 0 saturated carbocycles. The van der Waals surface area contributed by atoms with Crippen molar-refractivity contribution < 1.29 is 199 Å². The van der Waals surface area contributed by atoms with Crippen LogP contribution in [0.3, 0.4) is 0 Å². The smallest absolute Gasteiger partial charge is 0.550 e. The third-order valence-electron chi connectivity index (χ3n) is 11.7. The molecule has 44 heteroatoms. The van der Waals surface area contributed by atoms with E-state index in [1.54, 1.807) is 170 Å². The minimum absolute atomic E-state index is 0. The van der Waals surface area contributed by atoms with Crippen molar-refractivity contribution in [2.45, 2.75) is 103 Å². The Kier molecular flexibility index (Phi) is 52.6. The van der Waals surface area contributed by atoms with Crippen LogP contribution in [-0.2, 0) is 147 Å². The molecule has 0 aliphatic rings. The first kappa shape index (κ1) is 111. The first-order valence-corrected chi connectivity index (χ1v) is 37.1. The van der Waals surface area contributed by atoms with Gasteiger partial charge in [0.1, 0.15) is 22.1 Å². The predicted octanol–water partition coefficient (Wildman–Crippen LogP) is 1.79. The second kappa shape index (κ2) is 55.1. The maximum atomic E-state index is 12.3. The number of benzene rings is 8. The zero-order chi connectivity index (χ0) is 85.3. The number of carboxylic acids is 8. The summed E-state index contributed by atoms with van der Waals surface area (Å²) >= 11 is 0. The van der Waals surface area contributed by atoms with Gasteiger partial charge < -0.3 is 96.9 Å². The van der Waals surface area contributed by atoms with E-state index in [4.69, 9.17) is 96.9 Å². The Hall–Kier alpha value is -11.5. The van der Waals surface area contributed by atoms with Crippen LogP contribution in [0.2, 0.25) is 0 Å². The number of aryl methyl sites for hydroxylation is 4. The number of fused-ring (bicyclic) bond motifs is 4. The number of carboxylic acid groups (broad SMARTS) is 8. The van der Waals surface area contributed by atoms with Crippen molar-refractivity contribution in [2.24, 2.45) is 0 Å². The molecule has 0 aliphatic carbocycles.